The molecule has 4 rings (SSSR count). The lowest BCUT2D eigenvalue weighted by molar-refractivity contribution is -0.0990. The molecule has 2 amide bonds. The number of likely N-dealkylation sites (tertiary alicyclic amines) is 1. The molecular formula is C22H26F2N4O3. The van der Waals surface area contributed by atoms with Crippen LogP contribution in [0.15, 0.2) is 18.2 Å². The molecule has 1 N–H and O–H groups in total. The normalized spacial score (nSPS) is 17.5. The summed E-state index contributed by atoms with van der Waals surface area (Å²) in [6.07, 6.45) is 2.62. The number of rotatable bonds is 4. The van der Waals surface area contributed by atoms with E-state index >= 15 is 0 Å². The molecular weight excluding hydrogens is 406 g/mol. The van der Waals surface area contributed by atoms with Crippen LogP contribution in [0.3, 0.4) is 0 Å². The molecule has 1 saturated heterocycles. The standard InChI is InChI=1S/C22H26F2N4O3/c1-3-8-25-20(29)19-16-13-31-22(12-18(16)27(2)26-19)6-9-28(10-7-22)21(30)15-5-4-14(23)11-17(15)24/h4-5,11H,3,6-10,12-13H2,1-2H3,(H,25,29). The van der Waals surface area contributed by atoms with Gasteiger partial charge in [0.05, 0.1) is 17.8 Å². The number of fused-ring (bicyclic) bond motifs is 1. The quantitative estimate of drug-likeness (QED) is 0.806. The van der Waals surface area contributed by atoms with E-state index in [-0.39, 0.29) is 11.5 Å². The molecule has 31 heavy (non-hydrogen) atoms. The van der Waals surface area contributed by atoms with Gasteiger partial charge >= 0.3 is 0 Å². The van der Waals surface area contributed by atoms with Crippen LogP contribution < -0.4 is 5.32 Å². The third kappa shape index (κ3) is 4.06. The van der Waals surface area contributed by atoms with Crippen molar-refractivity contribution in [3.63, 3.8) is 0 Å². The highest BCUT2D eigenvalue weighted by molar-refractivity contribution is 5.95. The summed E-state index contributed by atoms with van der Waals surface area (Å²) in [4.78, 5) is 26.7. The summed E-state index contributed by atoms with van der Waals surface area (Å²) >= 11 is 0. The summed E-state index contributed by atoms with van der Waals surface area (Å²) in [7, 11) is 1.82. The summed E-state index contributed by atoms with van der Waals surface area (Å²) in [6, 6.07) is 2.99. The lowest BCUT2D eigenvalue weighted by atomic mass is 9.83. The third-order valence-corrected chi connectivity index (χ3v) is 6.16. The van der Waals surface area contributed by atoms with E-state index in [2.05, 4.69) is 10.4 Å². The summed E-state index contributed by atoms with van der Waals surface area (Å²) in [6.45, 7) is 3.69. The smallest absolute Gasteiger partial charge is 0.272 e. The zero-order valence-corrected chi connectivity index (χ0v) is 17.7. The van der Waals surface area contributed by atoms with Gasteiger partial charge in [-0.25, -0.2) is 8.78 Å². The topological polar surface area (TPSA) is 76.5 Å². The first-order valence-corrected chi connectivity index (χ1v) is 10.5. The molecule has 0 radical (unpaired) electrons. The number of nitrogens with zero attached hydrogens (tertiary/aromatic N) is 3. The van der Waals surface area contributed by atoms with Crippen LogP contribution in [0.2, 0.25) is 0 Å². The second-order valence-corrected chi connectivity index (χ2v) is 8.22. The first-order chi connectivity index (χ1) is 14.8. The van der Waals surface area contributed by atoms with Crippen molar-refractivity contribution in [2.24, 2.45) is 7.05 Å². The first kappa shape index (κ1) is 21.4. The minimum atomic E-state index is -0.854. The van der Waals surface area contributed by atoms with Crippen molar-refractivity contribution in [1.82, 2.24) is 20.0 Å². The molecule has 2 aliphatic rings. The van der Waals surface area contributed by atoms with E-state index in [0.29, 0.717) is 51.2 Å². The second kappa shape index (κ2) is 8.37. The van der Waals surface area contributed by atoms with Gasteiger partial charge in [-0.2, -0.15) is 5.10 Å². The molecule has 2 aromatic rings. The number of hydrogen-bond donors (Lipinski definition) is 1. The van der Waals surface area contributed by atoms with Crippen molar-refractivity contribution in [1.29, 1.82) is 0 Å². The molecule has 9 heteroatoms. The highest BCUT2D eigenvalue weighted by Gasteiger charge is 2.42. The molecule has 2 aliphatic heterocycles. The van der Waals surface area contributed by atoms with Crippen molar-refractivity contribution in [3.05, 3.63) is 52.3 Å². The van der Waals surface area contributed by atoms with Crippen molar-refractivity contribution >= 4 is 11.8 Å². The Morgan fingerprint density at radius 3 is 2.68 bits per heavy atom. The molecule has 1 aromatic heterocycles. The van der Waals surface area contributed by atoms with Crippen molar-refractivity contribution in [2.45, 2.75) is 44.8 Å². The number of aromatic nitrogens is 2. The SMILES string of the molecule is CCCNC(=O)c1nn(C)c2c1COC1(CCN(C(=O)c3ccc(F)cc3F)CC1)C2. The Balaban J connectivity index is 1.45. The number of amides is 2. The number of benzene rings is 1. The average molecular weight is 432 g/mol. The summed E-state index contributed by atoms with van der Waals surface area (Å²) in [5.41, 5.74) is 1.61. The van der Waals surface area contributed by atoms with Gasteiger partial charge in [-0.15, -0.1) is 0 Å². The van der Waals surface area contributed by atoms with E-state index in [1.807, 2.05) is 14.0 Å². The van der Waals surface area contributed by atoms with Crippen LogP contribution in [0, 0.1) is 11.6 Å². The molecule has 0 unspecified atom stereocenters. The summed E-state index contributed by atoms with van der Waals surface area (Å²) < 4.78 is 35.1. The summed E-state index contributed by atoms with van der Waals surface area (Å²) in [5.74, 6) is -2.20. The molecule has 0 saturated carbocycles. The number of ether oxygens (including phenoxy) is 1. The Morgan fingerprint density at radius 2 is 2.00 bits per heavy atom. The van der Waals surface area contributed by atoms with E-state index in [1.54, 1.807) is 9.58 Å². The molecule has 1 aromatic carbocycles. The van der Waals surface area contributed by atoms with Crippen LogP contribution in [0.1, 0.15) is 58.3 Å². The van der Waals surface area contributed by atoms with E-state index in [0.717, 1.165) is 29.8 Å². The largest absolute Gasteiger partial charge is 0.370 e. The van der Waals surface area contributed by atoms with Gasteiger partial charge in [0.25, 0.3) is 11.8 Å². The maximum atomic E-state index is 14.0. The Kier molecular flexibility index (Phi) is 5.79. The fourth-order valence-electron chi connectivity index (χ4n) is 4.33. The highest BCUT2D eigenvalue weighted by atomic mass is 19.1. The Bertz CT molecular complexity index is 1010. The zero-order valence-electron chi connectivity index (χ0n) is 17.7. The number of halogens is 2. The van der Waals surface area contributed by atoms with Gasteiger partial charge in [-0.1, -0.05) is 6.92 Å². The average Bonchev–Trinajstić information content (AvgIpc) is 3.08. The van der Waals surface area contributed by atoms with E-state index < -0.39 is 23.1 Å². The monoisotopic (exact) mass is 432 g/mol. The minimum absolute atomic E-state index is 0.126. The highest BCUT2D eigenvalue weighted by Crippen LogP contribution is 2.37. The predicted molar refractivity (Wildman–Crippen MR) is 109 cm³/mol. The number of nitrogens with one attached hydrogen (secondary N) is 1. The van der Waals surface area contributed by atoms with Crippen LogP contribution in [-0.4, -0.2) is 51.7 Å². The van der Waals surface area contributed by atoms with E-state index in [4.69, 9.17) is 4.74 Å². The molecule has 0 atom stereocenters. The van der Waals surface area contributed by atoms with E-state index in [9.17, 15) is 18.4 Å². The van der Waals surface area contributed by atoms with Gasteiger partial charge < -0.3 is 15.0 Å². The summed E-state index contributed by atoms with van der Waals surface area (Å²) in [5, 5.41) is 7.27. The first-order valence-electron chi connectivity index (χ1n) is 10.5. The third-order valence-electron chi connectivity index (χ3n) is 6.16. The fraction of sp³-hybridized carbons (Fsp3) is 0.500. The van der Waals surface area contributed by atoms with Gasteiger partial charge in [-0.05, 0) is 31.4 Å². The van der Waals surface area contributed by atoms with Crippen LogP contribution in [0.5, 0.6) is 0 Å². The van der Waals surface area contributed by atoms with Crippen LogP contribution in [-0.2, 0) is 24.8 Å². The lowest BCUT2D eigenvalue weighted by Gasteiger charge is -2.43. The molecule has 0 aliphatic carbocycles. The van der Waals surface area contributed by atoms with Gasteiger partial charge in [0.15, 0.2) is 5.69 Å². The second-order valence-electron chi connectivity index (χ2n) is 8.22. The van der Waals surface area contributed by atoms with Crippen LogP contribution in [0.4, 0.5) is 8.78 Å². The molecule has 7 nitrogen and oxygen atoms in total. The number of aryl methyl sites for hydroxylation is 1. The van der Waals surface area contributed by atoms with Crippen LogP contribution >= 0.6 is 0 Å². The molecule has 1 spiro atoms. The maximum absolute atomic E-state index is 14.0. The maximum Gasteiger partial charge on any atom is 0.272 e. The lowest BCUT2D eigenvalue weighted by Crippen LogP contribution is -2.51. The number of hydrogen-bond acceptors (Lipinski definition) is 4. The molecule has 3 heterocycles. The number of piperidine rings is 1. The zero-order chi connectivity index (χ0) is 22.2. The van der Waals surface area contributed by atoms with Gasteiger partial charge in [0, 0.05) is 50.4 Å². The number of carbonyl (C=O) groups excluding carboxylic acids is 2. The van der Waals surface area contributed by atoms with Crippen molar-refractivity contribution in [3.8, 4) is 0 Å². The predicted octanol–water partition coefficient (Wildman–Crippen LogP) is 2.59. The van der Waals surface area contributed by atoms with Crippen molar-refractivity contribution in [2.75, 3.05) is 19.6 Å². The van der Waals surface area contributed by atoms with Crippen molar-refractivity contribution < 1.29 is 23.1 Å². The fourth-order valence-corrected chi connectivity index (χ4v) is 4.33. The number of carbonyl (C=O) groups is 2. The van der Waals surface area contributed by atoms with Crippen LogP contribution in [0.25, 0.3) is 0 Å². The minimum Gasteiger partial charge on any atom is -0.370 e. The van der Waals surface area contributed by atoms with Gasteiger partial charge in [0.1, 0.15) is 11.6 Å². The molecule has 0 bridgehead atoms. The Hall–Kier alpha value is -2.81. The van der Waals surface area contributed by atoms with Gasteiger partial charge in [0.2, 0.25) is 0 Å². The van der Waals surface area contributed by atoms with Gasteiger partial charge in [-0.3, -0.25) is 14.3 Å². The molecule has 166 valence electrons. The van der Waals surface area contributed by atoms with E-state index in [1.165, 1.54) is 6.07 Å². The Morgan fingerprint density at radius 1 is 1.26 bits per heavy atom. The molecule has 1 fully saturated rings. The Labute approximate surface area is 179 Å².